The average molecular weight is 982 g/mol. The molecule has 408 valence electrons. The molecule has 6 nitrogen and oxygen atoms in total. The van der Waals surface area contributed by atoms with E-state index in [0.29, 0.717) is 19.3 Å². The highest BCUT2D eigenvalue weighted by molar-refractivity contribution is 5.71. The lowest BCUT2D eigenvalue weighted by Crippen LogP contribution is -2.30. The van der Waals surface area contributed by atoms with Crippen molar-refractivity contribution >= 4 is 17.9 Å². The van der Waals surface area contributed by atoms with Gasteiger partial charge in [0.15, 0.2) is 6.10 Å². The molecule has 0 aliphatic heterocycles. The maximum absolute atomic E-state index is 12.9. The molecule has 1 unspecified atom stereocenters. The van der Waals surface area contributed by atoms with Crippen LogP contribution < -0.4 is 0 Å². The lowest BCUT2D eigenvalue weighted by atomic mass is 10.0. The molecule has 0 saturated carbocycles. The lowest BCUT2D eigenvalue weighted by Gasteiger charge is -2.18. The van der Waals surface area contributed by atoms with Crippen LogP contribution in [0.15, 0.2) is 48.6 Å². The van der Waals surface area contributed by atoms with E-state index in [0.717, 1.165) is 57.8 Å². The zero-order valence-corrected chi connectivity index (χ0v) is 46.8. The molecule has 0 aliphatic rings. The number of unbranched alkanes of at least 4 members (excludes halogenated alkanes) is 37. The Kier molecular flexibility index (Phi) is 56.7. The first-order valence-electron chi connectivity index (χ1n) is 30.6. The van der Waals surface area contributed by atoms with E-state index in [-0.39, 0.29) is 37.5 Å². The third-order valence-corrected chi connectivity index (χ3v) is 13.6. The number of hydrogen-bond donors (Lipinski definition) is 0. The number of esters is 3. The van der Waals surface area contributed by atoms with E-state index in [1.165, 1.54) is 218 Å². The second-order valence-corrected chi connectivity index (χ2v) is 20.6. The monoisotopic (exact) mass is 981 g/mol. The minimum absolute atomic E-state index is 0.0910. The molecule has 0 heterocycles. The summed E-state index contributed by atoms with van der Waals surface area (Å²) in [6.07, 6.45) is 72.6. The van der Waals surface area contributed by atoms with Crippen LogP contribution in [0, 0.1) is 0 Å². The first-order chi connectivity index (χ1) is 34.5. The maximum atomic E-state index is 12.9. The standard InChI is InChI=1S/C64H116O6/c1-4-7-10-13-16-19-22-25-28-31-32-34-36-39-42-45-48-51-54-57-63(66)69-60-61(59-68-62(65)56-53-50-47-44-41-38-35-30-27-24-21-18-15-12-9-6-3)70-64(67)58-55-52-49-46-43-40-37-33-29-26-23-20-17-14-11-8-5-2/h26,29,31-32,37,40,46,49,61H,4-25,27-28,30,33-36,38-39,41-45,47-48,50-60H2,1-3H3/b29-26-,32-31-,40-37-,49-46-. The molecule has 0 fully saturated rings. The van der Waals surface area contributed by atoms with Crippen LogP contribution in [-0.2, 0) is 28.6 Å². The summed E-state index contributed by atoms with van der Waals surface area (Å²) in [5, 5.41) is 0. The summed E-state index contributed by atoms with van der Waals surface area (Å²) in [5.41, 5.74) is 0. The van der Waals surface area contributed by atoms with Gasteiger partial charge in [0, 0.05) is 19.3 Å². The predicted molar refractivity (Wildman–Crippen MR) is 302 cm³/mol. The zero-order valence-electron chi connectivity index (χ0n) is 46.8. The fraction of sp³-hybridized carbons (Fsp3) is 0.828. The van der Waals surface area contributed by atoms with Gasteiger partial charge in [0.25, 0.3) is 0 Å². The molecule has 0 radical (unpaired) electrons. The highest BCUT2D eigenvalue weighted by atomic mass is 16.6. The van der Waals surface area contributed by atoms with Crippen LogP contribution >= 0.6 is 0 Å². The topological polar surface area (TPSA) is 78.9 Å². The zero-order chi connectivity index (χ0) is 50.7. The normalized spacial score (nSPS) is 12.3. The fourth-order valence-electron chi connectivity index (χ4n) is 8.93. The van der Waals surface area contributed by atoms with Crippen LogP contribution in [0.25, 0.3) is 0 Å². The minimum Gasteiger partial charge on any atom is -0.462 e. The highest BCUT2D eigenvalue weighted by Gasteiger charge is 2.19. The molecular weight excluding hydrogens is 865 g/mol. The Hall–Kier alpha value is -2.63. The van der Waals surface area contributed by atoms with Crippen LogP contribution in [-0.4, -0.2) is 37.2 Å². The molecule has 0 saturated heterocycles. The SMILES string of the molecule is CCCCCCCC/C=C\C/C=C\C/C=C\CCCC(=O)OC(COC(=O)CCCCCCCCC/C=C\CCCCCCCCCC)COC(=O)CCCCCCCCCCCCCCCCCC. The van der Waals surface area contributed by atoms with Crippen molar-refractivity contribution in [1.82, 2.24) is 0 Å². The van der Waals surface area contributed by atoms with Gasteiger partial charge >= 0.3 is 17.9 Å². The summed E-state index contributed by atoms with van der Waals surface area (Å²) in [5.74, 6) is -0.930. The van der Waals surface area contributed by atoms with Gasteiger partial charge in [0.1, 0.15) is 13.2 Å². The molecule has 0 aromatic heterocycles. The van der Waals surface area contributed by atoms with E-state index in [1.54, 1.807) is 0 Å². The first-order valence-corrected chi connectivity index (χ1v) is 30.6. The van der Waals surface area contributed by atoms with Crippen LogP contribution in [0.3, 0.4) is 0 Å². The second-order valence-electron chi connectivity index (χ2n) is 20.6. The summed E-state index contributed by atoms with van der Waals surface area (Å²) in [7, 11) is 0. The van der Waals surface area contributed by atoms with Crippen molar-refractivity contribution < 1.29 is 28.6 Å². The molecule has 0 aromatic rings. The smallest absolute Gasteiger partial charge is 0.306 e. The van der Waals surface area contributed by atoms with E-state index in [4.69, 9.17) is 14.2 Å². The Balaban J connectivity index is 4.41. The molecule has 70 heavy (non-hydrogen) atoms. The van der Waals surface area contributed by atoms with Crippen molar-refractivity contribution in [3.8, 4) is 0 Å². The number of carbonyl (C=O) groups excluding carboxylic acids is 3. The number of hydrogen-bond acceptors (Lipinski definition) is 6. The van der Waals surface area contributed by atoms with Gasteiger partial charge < -0.3 is 14.2 Å². The molecule has 0 spiro atoms. The van der Waals surface area contributed by atoms with Gasteiger partial charge in [0.05, 0.1) is 0 Å². The van der Waals surface area contributed by atoms with Crippen LogP contribution in [0.4, 0.5) is 0 Å². The summed E-state index contributed by atoms with van der Waals surface area (Å²) in [6.45, 7) is 6.63. The van der Waals surface area contributed by atoms with Gasteiger partial charge in [0.2, 0.25) is 0 Å². The van der Waals surface area contributed by atoms with E-state index >= 15 is 0 Å². The highest BCUT2D eigenvalue weighted by Crippen LogP contribution is 2.16. The van der Waals surface area contributed by atoms with E-state index in [1.807, 2.05) is 0 Å². The maximum Gasteiger partial charge on any atom is 0.306 e. The van der Waals surface area contributed by atoms with Crippen molar-refractivity contribution in [2.24, 2.45) is 0 Å². The van der Waals surface area contributed by atoms with Crippen molar-refractivity contribution in [1.29, 1.82) is 0 Å². The number of rotatable bonds is 56. The van der Waals surface area contributed by atoms with Gasteiger partial charge in [-0.25, -0.2) is 0 Å². The Morgan fingerprint density at radius 2 is 0.529 bits per heavy atom. The summed E-state index contributed by atoms with van der Waals surface area (Å²) in [4.78, 5) is 38.2. The van der Waals surface area contributed by atoms with E-state index < -0.39 is 6.10 Å². The number of ether oxygens (including phenoxy) is 3. The van der Waals surface area contributed by atoms with Crippen LogP contribution in [0.5, 0.6) is 0 Å². The average Bonchev–Trinajstić information content (AvgIpc) is 3.36. The molecule has 0 aromatic carbocycles. The van der Waals surface area contributed by atoms with Crippen LogP contribution in [0.2, 0.25) is 0 Å². The molecule has 0 amide bonds. The van der Waals surface area contributed by atoms with Crippen molar-refractivity contribution in [3.05, 3.63) is 48.6 Å². The van der Waals surface area contributed by atoms with Gasteiger partial charge in [-0.15, -0.1) is 0 Å². The minimum atomic E-state index is -0.799. The molecule has 0 aliphatic carbocycles. The van der Waals surface area contributed by atoms with Crippen molar-refractivity contribution in [2.75, 3.05) is 13.2 Å². The molecule has 6 heteroatoms. The largest absolute Gasteiger partial charge is 0.462 e. The summed E-state index contributed by atoms with van der Waals surface area (Å²) >= 11 is 0. The Labute approximate surface area is 435 Å². The van der Waals surface area contributed by atoms with Gasteiger partial charge in [-0.1, -0.05) is 275 Å². The number of allylic oxidation sites excluding steroid dienone is 8. The summed E-state index contributed by atoms with van der Waals surface area (Å²) in [6, 6.07) is 0. The molecule has 0 N–H and O–H groups in total. The van der Waals surface area contributed by atoms with Crippen molar-refractivity contribution in [2.45, 2.75) is 329 Å². The van der Waals surface area contributed by atoms with Gasteiger partial charge in [-0.3, -0.25) is 14.4 Å². The van der Waals surface area contributed by atoms with E-state index in [2.05, 4.69) is 69.4 Å². The van der Waals surface area contributed by atoms with Gasteiger partial charge in [-0.2, -0.15) is 0 Å². The molecule has 0 bridgehead atoms. The van der Waals surface area contributed by atoms with Crippen molar-refractivity contribution in [3.63, 3.8) is 0 Å². The Morgan fingerprint density at radius 3 is 0.857 bits per heavy atom. The quantitative estimate of drug-likeness (QED) is 0.0261. The molecular formula is C64H116O6. The third-order valence-electron chi connectivity index (χ3n) is 13.6. The molecule has 0 rings (SSSR count). The lowest BCUT2D eigenvalue weighted by molar-refractivity contribution is -0.167. The first kappa shape index (κ1) is 67.4. The predicted octanol–water partition coefficient (Wildman–Crippen LogP) is 20.6. The van der Waals surface area contributed by atoms with Gasteiger partial charge in [-0.05, 0) is 77.0 Å². The van der Waals surface area contributed by atoms with E-state index in [9.17, 15) is 14.4 Å². The Bertz CT molecular complexity index is 1220. The number of carbonyl (C=O) groups is 3. The van der Waals surface area contributed by atoms with Crippen LogP contribution in [0.1, 0.15) is 323 Å². The fourth-order valence-corrected chi connectivity index (χ4v) is 8.93. The summed E-state index contributed by atoms with van der Waals surface area (Å²) < 4.78 is 16.9. The third kappa shape index (κ3) is 56.3. The second kappa shape index (κ2) is 58.9. The molecule has 1 atom stereocenters. The Morgan fingerprint density at radius 1 is 0.286 bits per heavy atom.